The van der Waals surface area contributed by atoms with Crippen molar-refractivity contribution < 1.29 is 9.52 Å². The summed E-state index contributed by atoms with van der Waals surface area (Å²) in [6.07, 6.45) is 3.05. The van der Waals surface area contributed by atoms with Crippen LogP contribution in [0.4, 0.5) is 5.95 Å². The molecule has 134 valence electrons. The molecular weight excluding hydrogens is 318 g/mol. The van der Waals surface area contributed by atoms with Gasteiger partial charge >= 0.3 is 0 Å². The van der Waals surface area contributed by atoms with Gasteiger partial charge in [0.1, 0.15) is 17.6 Å². The Morgan fingerprint density at radius 2 is 1.88 bits per heavy atom. The fourth-order valence-corrected chi connectivity index (χ4v) is 3.63. The molecule has 4 rings (SSSR count). The zero-order valence-corrected chi connectivity index (χ0v) is 14.6. The number of aliphatic hydroxyl groups is 1. The first-order chi connectivity index (χ1) is 12.2. The molecule has 2 aliphatic rings. The molecule has 2 aromatic rings. The van der Waals surface area contributed by atoms with E-state index in [0.717, 1.165) is 51.0 Å². The molecule has 25 heavy (non-hydrogen) atoms. The van der Waals surface area contributed by atoms with Crippen molar-refractivity contribution in [3.8, 4) is 0 Å². The quantitative estimate of drug-likeness (QED) is 0.866. The summed E-state index contributed by atoms with van der Waals surface area (Å²) in [7, 11) is 0. The first kappa shape index (κ1) is 16.5. The van der Waals surface area contributed by atoms with Gasteiger partial charge in [0, 0.05) is 64.2 Å². The van der Waals surface area contributed by atoms with E-state index in [1.165, 1.54) is 0 Å². The highest BCUT2D eigenvalue weighted by Gasteiger charge is 2.35. The highest BCUT2D eigenvalue weighted by Crippen LogP contribution is 2.23. The third kappa shape index (κ3) is 3.68. The van der Waals surface area contributed by atoms with Crippen LogP contribution in [0.2, 0.25) is 0 Å². The summed E-state index contributed by atoms with van der Waals surface area (Å²) in [5.41, 5.74) is 0. The zero-order chi connectivity index (χ0) is 17.2. The number of aliphatic hydroxyl groups excluding tert-OH is 1. The van der Waals surface area contributed by atoms with Crippen LogP contribution in [0, 0.1) is 6.92 Å². The van der Waals surface area contributed by atoms with E-state index in [1.807, 2.05) is 25.1 Å². The molecule has 1 N–H and O–H groups in total. The van der Waals surface area contributed by atoms with Gasteiger partial charge in [-0.3, -0.25) is 9.80 Å². The Kier molecular flexibility index (Phi) is 4.70. The van der Waals surface area contributed by atoms with Gasteiger partial charge in [0.15, 0.2) is 0 Å². The van der Waals surface area contributed by atoms with E-state index in [4.69, 9.17) is 4.42 Å². The molecule has 2 saturated heterocycles. The third-order valence-electron chi connectivity index (χ3n) is 5.12. The van der Waals surface area contributed by atoms with Crippen molar-refractivity contribution in [1.29, 1.82) is 0 Å². The van der Waals surface area contributed by atoms with Crippen molar-refractivity contribution in [2.75, 3.05) is 50.7 Å². The number of rotatable bonds is 5. The van der Waals surface area contributed by atoms with Crippen molar-refractivity contribution in [3.05, 3.63) is 42.1 Å². The second kappa shape index (κ2) is 7.11. The smallest absolute Gasteiger partial charge is 0.225 e. The molecule has 0 aliphatic carbocycles. The van der Waals surface area contributed by atoms with Crippen LogP contribution >= 0.6 is 0 Å². The van der Waals surface area contributed by atoms with Gasteiger partial charge in [-0.2, -0.15) is 0 Å². The van der Waals surface area contributed by atoms with E-state index in [1.54, 1.807) is 12.4 Å². The van der Waals surface area contributed by atoms with Crippen LogP contribution in [0.1, 0.15) is 17.6 Å². The minimum absolute atomic E-state index is 0.540. The first-order valence-corrected chi connectivity index (χ1v) is 8.92. The van der Waals surface area contributed by atoms with Crippen LogP contribution in [0.3, 0.4) is 0 Å². The molecule has 2 aliphatic heterocycles. The minimum Gasteiger partial charge on any atom is -0.464 e. The van der Waals surface area contributed by atoms with Crippen LogP contribution in [0.25, 0.3) is 0 Å². The minimum atomic E-state index is -0.540. The molecule has 7 heteroatoms. The molecule has 2 fully saturated rings. The maximum Gasteiger partial charge on any atom is 0.225 e. The molecule has 2 aromatic heterocycles. The second-order valence-electron chi connectivity index (χ2n) is 6.91. The standard InChI is InChI=1S/C18H25N5O2/c1-14-3-4-17(25-14)16(24)13-21-11-15(12-21)22-7-9-23(10-8-22)18-19-5-2-6-20-18/h2-6,15-16,24H,7-13H2,1H3. The van der Waals surface area contributed by atoms with E-state index in [0.29, 0.717) is 18.3 Å². The van der Waals surface area contributed by atoms with Crippen molar-refractivity contribution in [2.45, 2.75) is 19.1 Å². The number of nitrogens with zero attached hydrogens (tertiary/aromatic N) is 5. The average Bonchev–Trinajstić information content (AvgIpc) is 3.05. The fourth-order valence-electron chi connectivity index (χ4n) is 3.63. The van der Waals surface area contributed by atoms with Crippen molar-refractivity contribution in [1.82, 2.24) is 19.8 Å². The summed E-state index contributed by atoms with van der Waals surface area (Å²) >= 11 is 0. The Labute approximate surface area is 147 Å². The maximum atomic E-state index is 10.3. The van der Waals surface area contributed by atoms with Crippen molar-refractivity contribution in [3.63, 3.8) is 0 Å². The highest BCUT2D eigenvalue weighted by atomic mass is 16.4. The number of anilines is 1. The van der Waals surface area contributed by atoms with Crippen molar-refractivity contribution in [2.24, 2.45) is 0 Å². The van der Waals surface area contributed by atoms with Crippen LogP contribution < -0.4 is 4.90 Å². The lowest BCUT2D eigenvalue weighted by molar-refractivity contribution is -0.00363. The topological polar surface area (TPSA) is 68.9 Å². The number of aromatic nitrogens is 2. The summed E-state index contributed by atoms with van der Waals surface area (Å²) in [5, 5.41) is 10.3. The van der Waals surface area contributed by atoms with Gasteiger partial charge in [-0.1, -0.05) is 0 Å². The van der Waals surface area contributed by atoms with E-state index in [2.05, 4.69) is 24.7 Å². The lowest BCUT2D eigenvalue weighted by atomic mass is 10.0. The van der Waals surface area contributed by atoms with Crippen LogP contribution in [0.15, 0.2) is 35.0 Å². The van der Waals surface area contributed by atoms with E-state index in [-0.39, 0.29) is 0 Å². The van der Waals surface area contributed by atoms with Gasteiger partial charge in [-0.25, -0.2) is 9.97 Å². The zero-order valence-electron chi connectivity index (χ0n) is 14.6. The van der Waals surface area contributed by atoms with Gasteiger partial charge < -0.3 is 14.4 Å². The Morgan fingerprint density at radius 1 is 1.16 bits per heavy atom. The Balaban J connectivity index is 1.21. The molecule has 0 amide bonds. The lowest BCUT2D eigenvalue weighted by Crippen LogP contribution is -2.63. The van der Waals surface area contributed by atoms with Gasteiger partial charge in [-0.05, 0) is 25.1 Å². The normalized spacial score (nSPS) is 21.3. The molecule has 7 nitrogen and oxygen atoms in total. The van der Waals surface area contributed by atoms with Crippen LogP contribution in [-0.4, -0.2) is 76.7 Å². The van der Waals surface area contributed by atoms with Gasteiger partial charge in [0.25, 0.3) is 0 Å². The predicted octanol–water partition coefficient (Wildman–Crippen LogP) is 0.918. The molecule has 4 heterocycles. The molecule has 0 radical (unpaired) electrons. The Bertz CT molecular complexity index is 678. The van der Waals surface area contributed by atoms with E-state index in [9.17, 15) is 5.11 Å². The Morgan fingerprint density at radius 3 is 2.52 bits per heavy atom. The number of hydrogen-bond acceptors (Lipinski definition) is 7. The summed E-state index contributed by atoms with van der Waals surface area (Å²) in [5.74, 6) is 2.34. The summed E-state index contributed by atoms with van der Waals surface area (Å²) in [6.45, 7) is 8.57. The second-order valence-corrected chi connectivity index (χ2v) is 6.91. The summed E-state index contributed by atoms with van der Waals surface area (Å²) in [6, 6.07) is 6.20. The van der Waals surface area contributed by atoms with Crippen LogP contribution in [0.5, 0.6) is 0 Å². The Hall–Kier alpha value is -1.96. The number of furan rings is 1. The van der Waals surface area contributed by atoms with E-state index < -0.39 is 6.10 Å². The van der Waals surface area contributed by atoms with E-state index >= 15 is 0 Å². The SMILES string of the molecule is Cc1ccc(C(O)CN2CC(N3CCN(c4ncccn4)CC3)C2)o1. The molecular formula is C18H25N5O2. The fraction of sp³-hybridized carbons (Fsp3) is 0.556. The monoisotopic (exact) mass is 343 g/mol. The number of likely N-dealkylation sites (tertiary alicyclic amines) is 1. The van der Waals surface area contributed by atoms with Gasteiger partial charge in [-0.15, -0.1) is 0 Å². The molecule has 0 aromatic carbocycles. The average molecular weight is 343 g/mol. The number of aryl methyl sites for hydroxylation is 1. The molecule has 1 unspecified atom stereocenters. The summed E-state index contributed by atoms with van der Waals surface area (Å²) in [4.78, 5) is 15.7. The predicted molar refractivity (Wildman–Crippen MR) is 94.5 cm³/mol. The molecule has 1 atom stereocenters. The van der Waals surface area contributed by atoms with Gasteiger partial charge in [0.05, 0.1) is 0 Å². The number of piperazine rings is 1. The highest BCUT2D eigenvalue weighted by molar-refractivity contribution is 5.29. The molecule has 0 saturated carbocycles. The van der Waals surface area contributed by atoms with Crippen molar-refractivity contribution >= 4 is 5.95 Å². The largest absolute Gasteiger partial charge is 0.464 e. The summed E-state index contributed by atoms with van der Waals surface area (Å²) < 4.78 is 5.51. The van der Waals surface area contributed by atoms with Crippen LogP contribution in [-0.2, 0) is 0 Å². The van der Waals surface area contributed by atoms with Gasteiger partial charge in [0.2, 0.25) is 5.95 Å². The number of hydrogen-bond donors (Lipinski definition) is 1. The maximum absolute atomic E-state index is 10.3. The first-order valence-electron chi connectivity index (χ1n) is 8.92. The lowest BCUT2D eigenvalue weighted by Gasteiger charge is -2.48. The number of β-amino-alcohol motifs (C(OH)–C–C–N with tert-alkyl or cyclic N) is 1. The third-order valence-corrected chi connectivity index (χ3v) is 5.12. The molecule has 0 bridgehead atoms. The molecule has 0 spiro atoms.